The second kappa shape index (κ2) is 6.29. The van der Waals surface area contributed by atoms with Gasteiger partial charge in [0.1, 0.15) is 5.75 Å². The first-order valence-corrected chi connectivity index (χ1v) is 8.13. The maximum absolute atomic E-state index is 12.7. The highest BCUT2D eigenvalue weighted by Crippen LogP contribution is 2.36. The maximum Gasteiger partial charge on any atom is 0.256 e. The number of ether oxygens (including phenoxy) is 1. The van der Waals surface area contributed by atoms with E-state index < -0.39 is 0 Å². The van der Waals surface area contributed by atoms with Gasteiger partial charge in [-0.3, -0.25) is 4.79 Å². The molecule has 0 saturated heterocycles. The molecule has 3 nitrogen and oxygen atoms in total. The predicted molar refractivity (Wildman–Crippen MR) is 102 cm³/mol. The van der Waals surface area contributed by atoms with Crippen molar-refractivity contribution in [1.29, 1.82) is 0 Å². The van der Waals surface area contributed by atoms with E-state index in [0.29, 0.717) is 11.1 Å². The van der Waals surface area contributed by atoms with E-state index in [1.54, 1.807) is 13.2 Å². The Bertz CT molecular complexity index is 1080. The molecule has 0 aliphatic carbocycles. The Morgan fingerprint density at radius 3 is 2.04 bits per heavy atom. The van der Waals surface area contributed by atoms with Gasteiger partial charge in [-0.1, -0.05) is 60.7 Å². The first kappa shape index (κ1) is 15.2. The van der Waals surface area contributed by atoms with Crippen LogP contribution in [0.15, 0.2) is 83.7 Å². The molecule has 0 bridgehead atoms. The van der Waals surface area contributed by atoms with Gasteiger partial charge in [-0.15, -0.1) is 0 Å². The molecule has 0 amide bonds. The number of fused-ring (bicyclic) bond motifs is 1. The van der Waals surface area contributed by atoms with Gasteiger partial charge in [-0.25, -0.2) is 0 Å². The highest BCUT2D eigenvalue weighted by atomic mass is 16.5. The van der Waals surface area contributed by atoms with E-state index in [2.05, 4.69) is 17.1 Å². The van der Waals surface area contributed by atoms with Gasteiger partial charge in [0.15, 0.2) is 0 Å². The zero-order valence-electron chi connectivity index (χ0n) is 13.8. The van der Waals surface area contributed by atoms with Crippen LogP contribution in [-0.4, -0.2) is 12.1 Å². The number of pyridine rings is 1. The van der Waals surface area contributed by atoms with E-state index in [4.69, 9.17) is 4.74 Å². The van der Waals surface area contributed by atoms with E-state index in [-0.39, 0.29) is 5.56 Å². The largest absolute Gasteiger partial charge is 0.497 e. The molecule has 1 aromatic heterocycles. The topological polar surface area (TPSA) is 42.1 Å². The van der Waals surface area contributed by atoms with Crippen molar-refractivity contribution in [2.45, 2.75) is 0 Å². The van der Waals surface area contributed by atoms with Crippen LogP contribution in [0.3, 0.4) is 0 Å². The highest BCUT2D eigenvalue weighted by Gasteiger charge is 2.15. The molecule has 0 spiro atoms. The van der Waals surface area contributed by atoms with Crippen molar-refractivity contribution in [2.24, 2.45) is 0 Å². The first-order chi connectivity index (χ1) is 12.3. The van der Waals surface area contributed by atoms with Crippen LogP contribution in [-0.2, 0) is 0 Å². The summed E-state index contributed by atoms with van der Waals surface area (Å²) in [6.45, 7) is 0. The molecule has 1 heterocycles. The zero-order valence-corrected chi connectivity index (χ0v) is 13.8. The van der Waals surface area contributed by atoms with E-state index in [1.165, 1.54) is 0 Å². The summed E-state index contributed by atoms with van der Waals surface area (Å²) in [6, 6.07) is 25.7. The molecule has 4 rings (SSSR count). The molecule has 0 saturated carbocycles. The molecule has 3 heteroatoms. The zero-order chi connectivity index (χ0) is 17.2. The smallest absolute Gasteiger partial charge is 0.256 e. The number of H-pyrrole nitrogens is 1. The van der Waals surface area contributed by atoms with Crippen LogP contribution in [0, 0.1) is 0 Å². The number of aromatic nitrogens is 1. The lowest BCUT2D eigenvalue weighted by atomic mass is 9.94. The number of aromatic amines is 1. The molecule has 0 radical (unpaired) electrons. The minimum atomic E-state index is -0.118. The summed E-state index contributed by atoms with van der Waals surface area (Å²) in [6.07, 6.45) is 0. The molecule has 1 N–H and O–H groups in total. The molecule has 0 aliphatic rings. The third kappa shape index (κ3) is 2.70. The third-order valence-electron chi connectivity index (χ3n) is 4.35. The normalized spacial score (nSPS) is 10.8. The summed E-state index contributed by atoms with van der Waals surface area (Å²) >= 11 is 0. The number of nitrogens with one attached hydrogen (secondary N) is 1. The van der Waals surface area contributed by atoms with Crippen molar-refractivity contribution >= 4 is 10.8 Å². The Morgan fingerprint density at radius 2 is 1.40 bits per heavy atom. The lowest BCUT2D eigenvalue weighted by molar-refractivity contribution is 0.415. The molecule has 3 aromatic carbocycles. The molecular weight excluding hydrogens is 310 g/mol. The average molecular weight is 327 g/mol. The van der Waals surface area contributed by atoms with Gasteiger partial charge in [0.25, 0.3) is 5.56 Å². The molecule has 4 aromatic rings. The van der Waals surface area contributed by atoms with E-state index in [9.17, 15) is 4.79 Å². The molecular formula is C22H17NO2. The van der Waals surface area contributed by atoms with Crippen LogP contribution < -0.4 is 10.3 Å². The van der Waals surface area contributed by atoms with Crippen molar-refractivity contribution < 1.29 is 4.74 Å². The van der Waals surface area contributed by atoms with E-state index in [1.807, 2.05) is 60.7 Å². The SMILES string of the molecule is COc1ccc2c(-c3ccccc3)c(-c3ccccc3)[nH]c(=O)c2c1. The van der Waals surface area contributed by atoms with Gasteiger partial charge in [0.2, 0.25) is 0 Å². The minimum absolute atomic E-state index is 0.118. The van der Waals surface area contributed by atoms with Crippen LogP contribution in [0.25, 0.3) is 33.2 Å². The third-order valence-corrected chi connectivity index (χ3v) is 4.35. The highest BCUT2D eigenvalue weighted by molar-refractivity contribution is 6.02. The fourth-order valence-electron chi connectivity index (χ4n) is 3.16. The molecule has 25 heavy (non-hydrogen) atoms. The fourth-order valence-corrected chi connectivity index (χ4v) is 3.16. The summed E-state index contributed by atoms with van der Waals surface area (Å²) in [4.78, 5) is 15.8. The summed E-state index contributed by atoms with van der Waals surface area (Å²) < 4.78 is 5.28. The maximum atomic E-state index is 12.7. The average Bonchev–Trinajstić information content (AvgIpc) is 2.69. The van der Waals surface area contributed by atoms with E-state index in [0.717, 1.165) is 27.8 Å². The number of hydrogen-bond donors (Lipinski definition) is 1. The van der Waals surface area contributed by atoms with Crippen molar-refractivity contribution in [3.05, 3.63) is 89.2 Å². The van der Waals surface area contributed by atoms with Crippen molar-refractivity contribution in [3.63, 3.8) is 0 Å². The Hall–Kier alpha value is -3.33. The first-order valence-electron chi connectivity index (χ1n) is 8.13. The van der Waals surface area contributed by atoms with Crippen molar-refractivity contribution in [2.75, 3.05) is 7.11 Å². The second-order valence-electron chi connectivity index (χ2n) is 5.85. The lowest BCUT2D eigenvalue weighted by Gasteiger charge is -2.14. The van der Waals surface area contributed by atoms with Crippen LogP contribution >= 0.6 is 0 Å². The van der Waals surface area contributed by atoms with Crippen LogP contribution in [0.1, 0.15) is 0 Å². The fraction of sp³-hybridized carbons (Fsp3) is 0.0455. The quantitative estimate of drug-likeness (QED) is 0.583. The summed E-state index contributed by atoms with van der Waals surface area (Å²) in [5, 5.41) is 1.53. The molecule has 0 aliphatic heterocycles. The van der Waals surface area contributed by atoms with Crippen LogP contribution in [0.2, 0.25) is 0 Å². The van der Waals surface area contributed by atoms with Gasteiger partial charge in [-0.05, 0) is 34.7 Å². The standard InChI is InChI=1S/C22H17NO2/c1-25-17-12-13-18-19(14-17)22(24)23-21(16-10-6-3-7-11-16)20(18)15-8-4-2-5-9-15/h2-14H,1H3,(H,23,24). The van der Waals surface area contributed by atoms with Crippen molar-refractivity contribution in [3.8, 4) is 28.1 Å². The lowest BCUT2D eigenvalue weighted by Crippen LogP contribution is -2.09. The number of rotatable bonds is 3. The van der Waals surface area contributed by atoms with Gasteiger partial charge < -0.3 is 9.72 Å². The van der Waals surface area contributed by atoms with Gasteiger partial charge in [-0.2, -0.15) is 0 Å². The van der Waals surface area contributed by atoms with Gasteiger partial charge >= 0.3 is 0 Å². The van der Waals surface area contributed by atoms with E-state index >= 15 is 0 Å². The van der Waals surface area contributed by atoms with Crippen LogP contribution in [0.4, 0.5) is 0 Å². The Labute approximate surface area is 145 Å². The van der Waals surface area contributed by atoms with Crippen molar-refractivity contribution in [1.82, 2.24) is 4.98 Å². The monoisotopic (exact) mass is 327 g/mol. The minimum Gasteiger partial charge on any atom is -0.497 e. The summed E-state index contributed by atoms with van der Waals surface area (Å²) in [5.41, 5.74) is 3.77. The molecule has 0 fully saturated rings. The Morgan fingerprint density at radius 1 is 0.760 bits per heavy atom. The summed E-state index contributed by atoms with van der Waals surface area (Å²) in [7, 11) is 1.60. The number of benzene rings is 3. The van der Waals surface area contributed by atoms with Crippen LogP contribution in [0.5, 0.6) is 5.75 Å². The molecule has 0 unspecified atom stereocenters. The Balaban J connectivity index is 2.13. The summed E-state index contributed by atoms with van der Waals surface area (Å²) in [5.74, 6) is 0.671. The molecule has 0 atom stereocenters. The Kier molecular flexibility index (Phi) is 3.82. The van der Waals surface area contributed by atoms with Gasteiger partial charge in [0, 0.05) is 5.56 Å². The predicted octanol–water partition coefficient (Wildman–Crippen LogP) is 4.87. The van der Waals surface area contributed by atoms with Gasteiger partial charge in [0.05, 0.1) is 18.2 Å². The number of hydrogen-bond acceptors (Lipinski definition) is 2. The molecule has 122 valence electrons. The second-order valence-corrected chi connectivity index (χ2v) is 5.85. The number of methoxy groups -OCH3 is 1.